The molecule has 4 aromatic rings. The van der Waals surface area contributed by atoms with Crippen LogP contribution < -0.4 is 0 Å². The Morgan fingerprint density at radius 1 is 1.11 bits per heavy atom. The van der Waals surface area contributed by atoms with Crippen molar-refractivity contribution in [3.05, 3.63) is 83.0 Å². The Kier molecular flexibility index (Phi) is 7.27. The van der Waals surface area contributed by atoms with Crippen molar-refractivity contribution in [3.8, 4) is 23.0 Å². The number of fused-ring (bicyclic) bond motifs is 1. The Bertz CT molecular complexity index is 1480. The van der Waals surface area contributed by atoms with Crippen molar-refractivity contribution < 1.29 is 13.9 Å². The molecule has 1 amide bonds. The zero-order valence-corrected chi connectivity index (χ0v) is 21.3. The Labute approximate surface area is 214 Å². The fourth-order valence-electron chi connectivity index (χ4n) is 3.75. The van der Waals surface area contributed by atoms with Crippen molar-refractivity contribution in [1.29, 1.82) is 0 Å². The summed E-state index contributed by atoms with van der Waals surface area (Å²) in [5, 5.41) is 5.79. The van der Waals surface area contributed by atoms with Crippen molar-refractivity contribution in [2.24, 2.45) is 0 Å². The Hall–Kier alpha value is -3.89. The van der Waals surface area contributed by atoms with Crippen molar-refractivity contribution in [1.82, 2.24) is 19.7 Å². The Morgan fingerprint density at radius 3 is 2.67 bits per heavy atom. The molecule has 0 saturated heterocycles. The molecule has 0 aliphatic carbocycles. The fraction of sp³-hybridized carbons (Fsp3) is 0.250. The highest BCUT2D eigenvalue weighted by atomic mass is 35.5. The van der Waals surface area contributed by atoms with Gasteiger partial charge in [0.05, 0.1) is 30.9 Å². The van der Waals surface area contributed by atoms with Gasteiger partial charge in [-0.1, -0.05) is 23.4 Å². The van der Waals surface area contributed by atoms with E-state index >= 15 is 0 Å². The predicted octanol–water partition coefficient (Wildman–Crippen LogP) is 6.16. The van der Waals surface area contributed by atoms with Crippen molar-refractivity contribution in [3.63, 3.8) is 0 Å². The number of aromatic nitrogens is 3. The van der Waals surface area contributed by atoms with Crippen LogP contribution in [0.5, 0.6) is 0 Å². The van der Waals surface area contributed by atoms with Gasteiger partial charge in [-0.3, -0.25) is 9.67 Å². The number of ether oxygens (including phenoxy) is 1. The van der Waals surface area contributed by atoms with E-state index in [0.29, 0.717) is 18.1 Å². The highest BCUT2D eigenvalue weighted by molar-refractivity contribution is 6.30. The van der Waals surface area contributed by atoms with Crippen LogP contribution in [0.1, 0.15) is 31.9 Å². The van der Waals surface area contributed by atoms with E-state index in [1.165, 1.54) is 25.3 Å². The molecule has 0 radical (unpaired) electrons. The molecule has 0 aliphatic rings. The number of methoxy groups -OCH3 is 1. The monoisotopic (exact) mass is 504 g/mol. The number of carbonyl (C=O) groups is 1. The molecule has 2 heterocycles. The van der Waals surface area contributed by atoms with Crippen LogP contribution in [0.4, 0.5) is 9.18 Å². The quantitative estimate of drug-likeness (QED) is 0.312. The third-order valence-electron chi connectivity index (χ3n) is 5.68. The largest absolute Gasteiger partial charge is 0.453 e. The summed E-state index contributed by atoms with van der Waals surface area (Å²) in [5.74, 6) is 5.44. The number of benzene rings is 2. The number of halogens is 2. The zero-order chi connectivity index (χ0) is 25.9. The van der Waals surface area contributed by atoms with Gasteiger partial charge < -0.3 is 9.64 Å². The van der Waals surface area contributed by atoms with E-state index in [1.807, 2.05) is 51.2 Å². The molecule has 0 atom stereocenters. The molecular weight excluding hydrogens is 479 g/mol. The number of hydrogen-bond donors (Lipinski definition) is 0. The van der Waals surface area contributed by atoms with E-state index in [2.05, 4.69) is 21.9 Å². The first kappa shape index (κ1) is 25.2. The topological polar surface area (TPSA) is 60.2 Å². The van der Waals surface area contributed by atoms with E-state index in [-0.39, 0.29) is 17.2 Å². The first-order valence-electron chi connectivity index (χ1n) is 11.4. The molecule has 0 aliphatic heterocycles. The summed E-state index contributed by atoms with van der Waals surface area (Å²) in [7, 11) is 1.38. The van der Waals surface area contributed by atoms with E-state index in [1.54, 1.807) is 22.0 Å². The molecule has 8 heteroatoms. The van der Waals surface area contributed by atoms with E-state index in [9.17, 15) is 9.18 Å². The lowest BCUT2D eigenvalue weighted by atomic mass is 10.1. The second-order valence-electron chi connectivity index (χ2n) is 9.29. The number of nitrogens with zero attached hydrogens (tertiary/aromatic N) is 4. The normalized spacial score (nSPS) is 11.2. The first-order chi connectivity index (χ1) is 17.1. The summed E-state index contributed by atoms with van der Waals surface area (Å²) >= 11 is 5.96. The number of hydrogen-bond acceptors (Lipinski definition) is 4. The van der Waals surface area contributed by atoms with Crippen LogP contribution in [0.3, 0.4) is 0 Å². The highest BCUT2D eigenvalue weighted by Crippen LogP contribution is 2.24. The van der Waals surface area contributed by atoms with Gasteiger partial charge in [-0.25, -0.2) is 9.18 Å². The van der Waals surface area contributed by atoms with E-state index < -0.39 is 5.82 Å². The minimum Gasteiger partial charge on any atom is -0.453 e. The van der Waals surface area contributed by atoms with Crippen LogP contribution >= 0.6 is 11.6 Å². The van der Waals surface area contributed by atoms with Crippen LogP contribution in [0.2, 0.25) is 5.02 Å². The van der Waals surface area contributed by atoms with Crippen LogP contribution in [-0.4, -0.2) is 45.0 Å². The molecule has 4 rings (SSSR count). The summed E-state index contributed by atoms with van der Waals surface area (Å²) in [5.41, 5.74) is 3.25. The minimum atomic E-state index is -0.411. The van der Waals surface area contributed by atoms with Crippen molar-refractivity contribution >= 4 is 28.6 Å². The standard InChI is InChI=1S/C28H26ClFN4O2/c1-28(2,3)34(27(35)36-4)12-11-33-18-23(17-32-33)22-14-21-13-19(6-10-26(21)31-16-22)5-7-20-15-24(29)8-9-25(20)30/h6,8-10,13-18H,11-12H2,1-4H3. The van der Waals surface area contributed by atoms with Gasteiger partial charge >= 0.3 is 6.09 Å². The third-order valence-corrected chi connectivity index (χ3v) is 5.91. The first-order valence-corrected chi connectivity index (χ1v) is 11.8. The van der Waals surface area contributed by atoms with Gasteiger partial charge in [0.25, 0.3) is 0 Å². The average Bonchev–Trinajstić information content (AvgIpc) is 3.32. The lowest BCUT2D eigenvalue weighted by Crippen LogP contribution is -2.47. The van der Waals surface area contributed by atoms with Gasteiger partial charge in [0.2, 0.25) is 0 Å². The van der Waals surface area contributed by atoms with Gasteiger partial charge in [0.15, 0.2) is 0 Å². The summed E-state index contributed by atoms with van der Waals surface area (Å²) in [4.78, 5) is 18.4. The van der Waals surface area contributed by atoms with Crippen LogP contribution in [-0.2, 0) is 11.3 Å². The smallest absolute Gasteiger partial charge is 0.409 e. The molecule has 0 N–H and O–H groups in total. The van der Waals surface area contributed by atoms with Crippen molar-refractivity contribution in [2.75, 3.05) is 13.7 Å². The van der Waals surface area contributed by atoms with Gasteiger partial charge in [-0.2, -0.15) is 5.10 Å². The summed E-state index contributed by atoms with van der Waals surface area (Å²) in [6.07, 6.45) is 5.12. The van der Waals surface area contributed by atoms with Crippen LogP contribution in [0.25, 0.3) is 22.0 Å². The molecule has 0 spiro atoms. The summed E-state index contributed by atoms with van der Waals surface area (Å²) < 4.78 is 20.7. The molecule has 2 aromatic carbocycles. The fourth-order valence-corrected chi connectivity index (χ4v) is 3.92. The second kappa shape index (κ2) is 10.4. The molecule has 36 heavy (non-hydrogen) atoms. The summed E-state index contributed by atoms with van der Waals surface area (Å²) in [6, 6.07) is 12.0. The Balaban J connectivity index is 1.54. The van der Waals surface area contributed by atoms with Gasteiger partial charge in [0.1, 0.15) is 5.82 Å². The number of pyridine rings is 1. The molecule has 2 aromatic heterocycles. The molecule has 0 unspecified atom stereocenters. The van der Waals surface area contributed by atoms with Gasteiger partial charge in [-0.05, 0) is 63.2 Å². The number of rotatable bonds is 4. The van der Waals surface area contributed by atoms with Gasteiger partial charge in [-0.15, -0.1) is 0 Å². The molecule has 6 nitrogen and oxygen atoms in total. The molecule has 0 saturated carbocycles. The number of amides is 1. The predicted molar refractivity (Wildman–Crippen MR) is 139 cm³/mol. The van der Waals surface area contributed by atoms with Crippen LogP contribution in [0, 0.1) is 17.7 Å². The zero-order valence-electron chi connectivity index (χ0n) is 20.5. The molecule has 184 valence electrons. The summed E-state index contributed by atoms with van der Waals surface area (Å²) in [6.45, 7) is 6.87. The highest BCUT2D eigenvalue weighted by Gasteiger charge is 2.26. The minimum absolute atomic E-state index is 0.249. The van der Waals surface area contributed by atoms with Crippen LogP contribution in [0.15, 0.2) is 61.1 Å². The van der Waals surface area contributed by atoms with Gasteiger partial charge in [0, 0.05) is 51.6 Å². The maximum Gasteiger partial charge on any atom is 0.409 e. The van der Waals surface area contributed by atoms with Crippen molar-refractivity contribution in [2.45, 2.75) is 32.9 Å². The maximum atomic E-state index is 14.0. The second-order valence-corrected chi connectivity index (χ2v) is 9.73. The average molecular weight is 505 g/mol. The van der Waals surface area contributed by atoms with E-state index in [4.69, 9.17) is 16.3 Å². The number of carbonyl (C=O) groups excluding carboxylic acids is 1. The SMILES string of the molecule is COC(=O)N(CCn1cc(-c2cnc3ccc(C#Cc4cc(Cl)ccc4F)cc3c2)cn1)C(C)(C)C. The Morgan fingerprint density at radius 2 is 1.92 bits per heavy atom. The molecule has 0 bridgehead atoms. The molecule has 0 fully saturated rings. The maximum absolute atomic E-state index is 14.0. The van der Waals surface area contributed by atoms with E-state index in [0.717, 1.165) is 27.6 Å². The lowest BCUT2D eigenvalue weighted by molar-refractivity contribution is 0.0809. The lowest BCUT2D eigenvalue weighted by Gasteiger charge is -2.34. The third kappa shape index (κ3) is 5.84. The molecular formula is C28H26ClFN4O2.